The second kappa shape index (κ2) is 20.2. The molecule has 0 atom stereocenters. The molecule has 0 heterocycles. The Morgan fingerprint density at radius 1 is 0.370 bits per heavy atom. The molecule has 7 aromatic carbocycles. The lowest BCUT2D eigenvalue weighted by Gasteiger charge is -2.04. The van der Waals surface area contributed by atoms with Crippen molar-refractivity contribution in [2.24, 2.45) is 0 Å². The normalized spacial score (nSPS) is 10.2. The molecule has 2 heteroatoms. The van der Waals surface area contributed by atoms with Gasteiger partial charge in [0, 0.05) is 23.6 Å². The summed E-state index contributed by atoms with van der Waals surface area (Å²) >= 11 is 0. The van der Waals surface area contributed by atoms with Crippen LogP contribution in [0.2, 0.25) is 0 Å². The van der Waals surface area contributed by atoms with Gasteiger partial charge >= 0.3 is 0 Å². The van der Waals surface area contributed by atoms with Gasteiger partial charge in [0.25, 0.3) is 0 Å². The fourth-order valence-corrected chi connectivity index (χ4v) is 4.47. The third-order valence-electron chi connectivity index (χ3n) is 6.79. The number of nitrogens with one attached hydrogen (secondary N) is 2. The fourth-order valence-electron chi connectivity index (χ4n) is 4.47. The van der Waals surface area contributed by atoms with Gasteiger partial charge in [-0.25, -0.2) is 0 Å². The van der Waals surface area contributed by atoms with E-state index in [1.807, 2.05) is 104 Å². The first-order chi connectivity index (χ1) is 22.8. The van der Waals surface area contributed by atoms with E-state index < -0.39 is 0 Å². The quantitative estimate of drug-likeness (QED) is 0.186. The zero-order valence-corrected chi connectivity index (χ0v) is 26.4. The van der Waals surface area contributed by atoms with Crippen LogP contribution in [0.4, 0.5) is 17.1 Å². The number of hydrogen-bond acceptors (Lipinski definition) is 2. The van der Waals surface area contributed by atoms with Gasteiger partial charge in [-0.15, -0.1) is 0 Å². The molecule has 0 unspecified atom stereocenters. The molecule has 2 nitrogen and oxygen atoms in total. The second-order valence-electron chi connectivity index (χ2n) is 10.3. The van der Waals surface area contributed by atoms with Crippen molar-refractivity contribution in [3.63, 3.8) is 0 Å². The third-order valence-corrected chi connectivity index (χ3v) is 6.79. The van der Waals surface area contributed by atoms with Gasteiger partial charge in [-0.05, 0) is 64.9 Å². The standard InChI is InChI=1S/C12H11N.C12H15N.2C10H8/c1-3-7-11(8-4-1)13-12-9-5-2-6-10-12;1-2-3-4-8-11-13-12-9-6-5-7-10-12;2*1-2-6-10-8-4-3-7-9(10)5-1/h1-10,13H;2-10,13H,11H2,1H3;2*1-8H/b;3-2-,8-4-;;. The molecule has 0 aliphatic heterocycles. The summed E-state index contributed by atoms with van der Waals surface area (Å²) in [5, 5.41) is 11.8. The molecule has 0 fully saturated rings. The van der Waals surface area contributed by atoms with Crippen LogP contribution in [0.5, 0.6) is 0 Å². The van der Waals surface area contributed by atoms with Crippen molar-refractivity contribution in [1.29, 1.82) is 0 Å². The van der Waals surface area contributed by atoms with Gasteiger partial charge in [-0.3, -0.25) is 0 Å². The first-order valence-electron chi connectivity index (χ1n) is 15.6. The number of allylic oxidation sites excluding steroid dienone is 3. The molecule has 0 spiro atoms. The highest BCUT2D eigenvalue weighted by Crippen LogP contribution is 2.15. The van der Waals surface area contributed by atoms with E-state index >= 15 is 0 Å². The molecule has 0 amide bonds. The van der Waals surface area contributed by atoms with Gasteiger partial charge in [0.05, 0.1) is 0 Å². The minimum Gasteiger partial charge on any atom is -0.382 e. The number of benzene rings is 7. The van der Waals surface area contributed by atoms with E-state index in [-0.39, 0.29) is 0 Å². The lowest BCUT2D eigenvalue weighted by Crippen LogP contribution is -1.96. The highest BCUT2D eigenvalue weighted by molar-refractivity contribution is 5.82. The predicted octanol–water partition coefficient (Wildman–Crippen LogP) is 12.3. The van der Waals surface area contributed by atoms with E-state index in [1.165, 1.54) is 21.5 Å². The van der Waals surface area contributed by atoms with Gasteiger partial charge in [0.2, 0.25) is 0 Å². The molecular weight excluding hydrogens is 556 g/mol. The first kappa shape index (κ1) is 33.0. The summed E-state index contributed by atoms with van der Waals surface area (Å²) in [6.45, 7) is 2.88. The SMILES string of the molecule is C/C=C\C=C/CNc1ccccc1.c1ccc(Nc2ccccc2)cc1.c1ccc2ccccc2c1.c1ccc2ccccc2c1. The number of hydrogen-bond donors (Lipinski definition) is 2. The molecule has 7 rings (SSSR count). The van der Waals surface area contributed by atoms with Crippen molar-refractivity contribution >= 4 is 38.6 Å². The van der Waals surface area contributed by atoms with E-state index in [9.17, 15) is 0 Å². The molecule has 0 radical (unpaired) electrons. The van der Waals surface area contributed by atoms with Crippen molar-refractivity contribution in [3.8, 4) is 0 Å². The van der Waals surface area contributed by atoms with Gasteiger partial charge in [-0.2, -0.15) is 0 Å². The first-order valence-corrected chi connectivity index (χ1v) is 15.6. The van der Waals surface area contributed by atoms with Gasteiger partial charge in [-0.1, -0.05) is 176 Å². The number of fused-ring (bicyclic) bond motifs is 2. The monoisotopic (exact) mass is 598 g/mol. The van der Waals surface area contributed by atoms with E-state index in [2.05, 4.69) is 126 Å². The highest BCUT2D eigenvalue weighted by atomic mass is 14.9. The Hall–Kier alpha value is -5.86. The zero-order valence-electron chi connectivity index (χ0n) is 26.4. The van der Waals surface area contributed by atoms with Crippen LogP contribution >= 0.6 is 0 Å². The Bertz CT molecular complexity index is 1620. The third kappa shape index (κ3) is 12.4. The van der Waals surface area contributed by atoms with Gasteiger partial charge < -0.3 is 10.6 Å². The Morgan fingerprint density at radius 3 is 1.00 bits per heavy atom. The van der Waals surface area contributed by atoms with E-state index in [0.29, 0.717) is 0 Å². The topological polar surface area (TPSA) is 24.1 Å². The van der Waals surface area contributed by atoms with Crippen LogP contribution in [0, 0.1) is 0 Å². The van der Waals surface area contributed by atoms with Gasteiger partial charge in [0.1, 0.15) is 0 Å². The van der Waals surface area contributed by atoms with E-state index in [0.717, 1.165) is 23.6 Å². The Morgan fingerprint density at radius 2 is 0.674 bits per heavy atom. The smallest absolute Gasteiger partial charge is 0.0384 e. The number of rotatable bonds is 6. The average Bonchev–Trinajstić information content (AvgIpc) is 3.14. The van der Waals surface area contributed by atoms with Crippen molar-refractivity contribution in [3.05, 3.63) is 212 Å². The summed E-state index contributed by atoms with van der Waals surface area (Å²) in [5.74, 6) is 0. The van der Waals surface area contributed by atoms with E-state index in [1.54, 1.807) is 0 Å². The molecule has 0 aliphatic rings. The Balaban J connectivity index is 0.000000140. The van der Waals surface area contributed by atoms with Crippen molar-refractivity contribution in [1.82, 2.24) is 0 Å². The van der Waals surface area contributed by atoms with Crippen molar-refractivity contribution in [2.45, 2.75) is 6.92 Å². The highest BCUT2D eigenvalue weighted by Gasteiger charge is 1.90. The van der Waals surface area contributed by atoms with Crippen LogP contribution in [0.3, 0.4) is 0 Å². The number of anilines is 3. The molecule has 0 saturated heterocycles. The summed E-state index contributed by atoms with van der Waals surface area (Å²) in [7, 11) is 0. The van der Waals surface area contributed by atoms with Crippen LogP contribution in [0.15, 0.2) is 212 Å². The Labute approximate surface area is 274 Å². The second-order valence-corrected chi connectivity index (χ2v) is 10.3. The maximum absolute atomic E-state index is 3.30. The summed E-state index contributed by atoms with van der Waals surface area (Å²) in [6, 6.07) is 63.9. The van der Waals surface area contributed by atoms with Crippen molar-refractivity contribution < 1.29 is 0 Å². The molecule has 7 aromatic rings. The van der Waals surface area contributed by atoms with Crippen molar-refractivity contribution in [2.75, 3.05) is 17.2 Å². The zero-order chi connectivity index (χ0) is 31.9. The maximum atomic E-state index is 3.30. The lowest BCUT2D eigenvalue weighted by molar-refractivity contribution is 1.33. The summed E-state index contributed by atoms with van der Waals surface area (Å²) in [4.78, 5) is 0. The van der Waals surface area contributed by atoms with Crippen LogP contribution in [0.25, 0.3) is 21.5 Å². The lowest BCUT2D eigenvalue weighted by atomic mass is 10.1. The van der Waals surface area contributed by atoms with Gasteiger partial charge in [0.15, 0.2) is 0 Å². The molecule has 0 bridgehead atoms. The maximum Gasteiger partial charge on any atom is 0.0384 e. The summed E-state index contributed by atoms with van der Waals surface area (Å²) < 4.78 is 0. The minimum absolute atomic E-state index is 0.869. The molecule has 2 N–H and O–H groups in total. The molecule has 0 aromatic heterocycles. The summed E-state index contributed by atoms with van der Waals surface area (Å²) in [5.41, 5.74) is 3.40. The molecule has 0 saturated carbocycles. The van der Waals surface area contributed by atoms with E-state index in [4.69, 9.17) is 0 Å². The Kier molecular flexibility index (Phi) is 14.5. The number of para-hydroxylation sites is 3. The summed E-state index contributed by atoms with van der Waals surface area (Å²) in [6.07, 6.45) is 8.16. The molecule has 0 aliphatic carbocycles. The largest absolute Gasteiger partial charge is 0.382 e. The molecular formula is C44H42N2. The van der Waals surface area contributed by atoms with Crippen LogP contribution in [-0.2, 0) is 0 Å². The molecule has 46 heavy (non-hydrogen) atoms. The average molecular weight is 599 g/mol. The fraction of sp³-hybridized carbons (Fsp3) is 0.0455. The minimum atomic E-state index is 0.869. The van der Waals surface area contributed by atoms with Crippen LogP contribution < -0.4 is 10.6 Å². The predicted molar refractivity (Wildman–Crippen MR) is 203 cm³/mol. The van der Waals surface area contributed by atoms with Crippen LogP contribution in [-0.4, -0.2) is 6.54 Å². The molecule has 228 valence electrons. The van der Waals surface area contributed by atoms with Crippen LogP contribution in [0.1, 0.15) is 6.92 Å².